The monoisotopic (exact) mass is 582 g/mol. The van der Waals surface area contributed by atoms with E-state index in [0.717, 1.165) is 11.3 Å². The van der Waals surface area contributed by atoms with Crippen molar-refractivity contribution in [1.29, 1.82) is 0 Å². The molecule has 0 bridgehead atoms. The Labute approximate surface area is 232 Å². The molecule has 222 valence electrons. The van der Waals surface area contributed by atoms with Crippen LogP contribution in [0.1, 0.15) is 55.8 Å². The number of nitrogens with zero attached hydrogens (tertiary/aromatic N) is 2. The molecule has 1 aliphatic carbocycles. The van der Waals surface area contributed by atoms with Crippen molar-refractivity contribution >= 4 is 35.4 Å². The molecule has 14 heteroatoms. The minimum Gasteiger partial charge on any atom is -0.481 e. The number of alkyl halides is 3. The second-order valence-electron chi connectivity index (χ2n) is 10.0. The highest BCUT2D eigenvalue weighted by Gasteiger charge is 2.38. The van der Waals surface area contributed by atoms with Crippen molar-refractivity contribution in [3.8, 4) is 0 Å². The van der Waals surface area contributed by atoms with Crippen LogP contribution in [0.2, 0.25) is 0 Å². The van der Waals surface area contributed by atoms with Gasteiger partial charge < -0.3 is 25.7 Å². The number of hydrogen-bond donors (Lipinski definition) is 4. The molecular weight excluding hydrogens is 552 g/mol. The third-order valence-corrected chi connectivity index (χ3v) is 6.80. The molecule has 1 unspecified atom stereocenters. The van der Waals surface area contributed by atoms with Gasteiger partial charge in [-0.15, -0.1) is 0 Å². The van der Waals surface area contributed by atoms with Gasteiger partial charge >= 0.3 is 24.1 Å². The molecule has 2 heterocycles. The Balaban J connectivity index is 0.000000587. The van der Waals surface area contributed by atoms with E-state index in [9.17, 15) is 37.1 Å². The van der Waals surface area contributed by atoms with Crippen LogP contribution in [-0.4, -0.2) is 62.7 Å². The van der Waals surface area contributed by atoms with Crippen LogP contribution in [0, 0.1) is 11.7 Å². The summed E-state index contributed by atoms with van der Waals surface area (Å²) >= 11 is 0. The second kappa shape index (κ2) is 13.0. The number of carboxylic acids is 2. The third-order valence-electron chi connectivity index (χ3n) is 6.80. The molecule has 0 spiro atoms. The van der Waals surface area contributed by atoms with Crippen LogP contribution in [0.5, 0.6) is 0 Å². The van der Waals surface area contributed by atoms with Crippen LogP contribution in [0.3, 0.4) is 0 Å². The maximum Gasteiger partial charge on any atom is 0.490 e. The van der Waals surface area contributed by atoms with Gasteiger partial charge in [-0.05, 0) is 67.3 Å². The van der Waals surface area contributed by atoms with Crippen molar-refractivity contribution < 1.29 is 47.0 Å². The molecule has 0 saturated carbocycles. The molecule has 2 aliphatic rings. The molecule has 41 heavy (non-hydrogen) atoms. The van der Waals surface area contributed by atoms with E-state index in [1.807, 2.05) is 19.9 Å². The van der Waals surface area contributed by atoms with Crippen molar-refractivity contribution in [3.05, 3.63) is 53.0 Å². The zero-order chi connectivity index (χ0) is 30.5. The summed E-state index contributed by atoms with van der Waals surface area (Å²) in [4.78, 5) is 51.9. The molecule has 4 rings (SSSR count). The highest BCUT2D eigenvalue weighted by molar-refractivity contribution is 5.99. The molecular formula is C27H30F4N4O6. The first-order valence-electron chi connectivity index (χ1n) is 12.9. The number of likely N-dealkylation sites (tertiary alicyclic amines) is 1. The predicted molar refractivity (Wildman–Crippen MR) is 139 cm³/mol. The number of halogens is 4. The first kappa shape index (κ1) is 31.3. The maximum absolute atomic E-state index is 14.3. The second-order valence-corrected chi connectivity index (χ2v) is 10.0. The van der Waals surface area contributed by atoms with Crippen LogP contribution in [0.4, 0.5) is 33.9 Å². The Morgan fingerprint density at radius 1 is 1.05 bits per heavy atom. The van der Waals surface area contributed by atoms with Gasteiger partial charge in [-0.3, -0.25) is 9.59 Å². The van der Waals surface area contributed by atoms with Gasteiger partial charge in [0.1, 0.15) is 17.7 Å². The van der Waals surface area contributed by atoms with Gasteiger partial charge in [-0.1, -0.05) is 26.0 Å². The lowest BCUT2D eigenvalue weighted by Gasteiger charge is -2.25. The van der Waals surface area contributed by atoms with E-state index < -0.39 is 36.1 Å². The molecule has 1 aromatic heterocycles. The lowest BCUT2D eigenvalue weighted by atomic mass is 9.87. The topological polar surface area (TPSA) is 149 Å². The fourth-order valence-corrected chi connectivity index (χ4v) is 4.65. The summed E-state index contributed by atoms with van der Waals surface area (Å²) in [6.45, 7) is 4.22. The van der Waals surface area contributed by atoms with Crippen LogP contribution >= 0.6 is 0 Å². The van der Waals surface area contributed by atoms with E-state index in [1.165, 1.54) is 11.0 Å². The Bertz CT molecular complexity index is 1320. The van der Waals surface area contributed by atoms with E-state index in [4.69, 9.17) is 9.90 Å². The Morgan fingerprint density at radius 3 is 2.32 bits per heavy atom. The average molecular weight is 583 g/mol. The highest BCUT2D eigenvalue weighted by atomic mass is 19.4. The summed E-state index contributed by atoms with van der Waals surface area (Å²) in [7, 11) is 0. The number of rotatable bonds is 5. The smallest absolute Gasteiger partial charge is 0.481 e. The number of carbonyl (C=O) groups is 4. The summed E-state index contributed by atoms with van der Waals surface area (Å²) in [5, 5.41) is 21.9. The van der Waals surface area contributed by atoms with Gasteiger partial charge in [-0.2, -0.15) is 13.2 Å². The number of aromatic nitrogens is 1. The van der Waals surface area contributed by atoms with E-state index in [-0.39, 0.29) is 17.6 Å². The molecule has 10 nitrogen and oxygen atoms in total. The van der Waals surface area contributed by atoms with Crippen molar-refractivity contribution in [2.75, 3.05) is 17.2 Å². The number of carbonyl (C=O) groups excluding carboxylic acids is 2. The highest BCUT2D eigenvalue weighted by Crippen LogP contribution is 2.27. The SMILES string of the molecule is CC(C)c1ccc(NC(=O)N2CCC[C@@H]2C(=O)Nc2ccc3c(n2)CCC(C(=O)O)C3)cc1F.O=C(O)C(F)(F)F. The number of benzene rings is 1. The van der Waals surface area contributed by atoms with Gasteiger partial charge in [0.05, 0.1) is 5.92 Å². The van der Waals surface area contributed by atoms with E-state index in [0.29, 0.717) is 55.7 Å². The largest absolute Gasteiger partial charge is 0.490 e. The minimum absolute atomic E-state index is 0.0345. The molecule has 1 aliphatic heterocycles. The molecule has 0 radical (unpaired) electrons. The normalized spacial score (nSPS) is 18.2. The summed E-state index contributed by atoms with van der Waals surface area (Å²) in [6, 6.07) is 6.98. The number of pyridine rings is 1. The fraction of sp³-hybridized carbons (Fsp3) is 0.444. The zero-order valence-corrected chi connectivity index (χ0v) is 22.3. The van der Waals surface area contributed by atoms with Crippen LogP contribution in [0.15, 0.2) is 30.3 Å². The van der Waals surface area contributed by atoms with Crippen molar-refractivity contribution in [3.63, 3.8) is 0 Å². The predicted octanol–water partition coefficient (Wildman–Crippen LogP) is 4.80. The summed E-state index contributed by atoms with van der Waals surface area (Å²) in [6.07, 6.45) is -2.39. The molecule has 2 aromatic rings. The van der Waals surface area contributed by atoms with Gasteiger partial charge in [0, 0.05) is 17.9 Å². The van der Waals surface area contributed by atoms with Gasteiger partial charge in [0.15, 0.2) is 0 Å². The number of urea groups is 1. The number of carboxylic acid groups (broad SMARTS) is 2. The van der Waals surface area contributed by atoms with Crippen LogP contribution < -0.4 is 10.6 Å². The van der Waals surface area contributed by atoms with Crippen LogP contribution in [-0.2, 0) is 27.2 Å². The van der Waals surface area contributed by atoms with Crippen molar-refractivity contribution in [1.82, 2.24) is 9.88 Å². The molecule has 4 N–H and O–H groups in total. The lowest BCUT2D eigenvalue weighted by Crippen LogP contribution is -2.45. The number of aliphatic carboxylic acids is 2. The van der Waals surface area contributed by atoms with E-state index in [1.54, 1.807) is 18.2 Å². The number of amides is 3. The van der Waals surface area contributed by atoms with Crippen LogP contribution in [0.25, 0.3) is 0 Å². The molecule has 3 amide bonds. The number of fused-ring (bicyclic) bond motifs is 1. The van der Waals surface area contributed by atoms with Crippen molar-refractivity contribution in [2.24, 2.45) is 5.92 Å². The number of anilines is 2. The zero-order valence-electron chi connectivity index (χ0n) is 22.3. The lowest BCUT2D eigenvalue weighted by molar-refractivity contribution is -0.192. The summed E-state index contributed by atoms with van der Waals surface area (Å²) < 4.78 is 46.0. The number of aryl methyl sites for hydroxylation is 1. The third kappa shape index (κ3) is 8.14. The summed E-state index contributed by atoms with van der Waals surface area (Å²) in [5.74, 6) is -4.26. The molecule has 1 fully saturated rings. The molecule has 1 aromatic carbocycles. The molecule has 1 saturated heterocycles. The van der Waals surface area contributed by atoms with Crippen molar-refractivity contribution in [2.45, 2.75) is 64.1 Å². The van der Waals surface area contributed by atoms with Gasteiger partial charge in [-0.25, -0.2) is 19.0 Å². The Kier molecular flexibility index (Phi) is 9.89. The van der Waals surface area contributed by atoms with Gasteiger partial charge in [0.25, 0.3) is 0 Å². The Hall–Kier alpha value is -4.23. The minimum atomic E-state index is -5.08. The van der Waals surface area contributed by atoms with E-state index >= 15 is 0 Å². The Morgan fingerprint density at radius 2 is 1.73 bits per heavy atom. The molecule has 2 atom stereocenters. The maximum atomic E-state index is 14.3. The first-order valence-corrected chi connectivity index (χ1v) is 12.9. The fourth-order valence-electron chi connectivity index (χ4n) is 4.65. The van der Waals surface area contributed by atoms with E-state index in [2.05, 4.69) is 15.6 Å². The summed E-state index contributed by atoms with van der Waals surface area (Å²) in [5.41, 5.74) is 2.60. The van der Waals surface area contributed by atoms with Gasteiger partial charge in [0.2, 0.25) is 5.91 Å². The number of hydrogen-bond acceptors (Lipinski definition) is 5. The first-order chi connectivity index (χ1) is 19.2. The standard InChI is InChI=1S/C25H29FN4O4.C2HF3O2/c1-14(2)18-8-7-17(13-19(18)26)27-25(34)30-11-3-4-21(30)23(31)29-22-10-6-15-12-16(24(32)33)5-9-20(15)28-22;3-2(4,5)1(6)7/h6-8,10,13-14,16,21H,3-5,9,11-12H2,1-2H3,(H,27,34)(H,32,33)(H,28,29,31);(H,6,7)/t16?,21-;/m1./s1. The quantitative estimate of drug-likeness (QED) is 0.370. The average Bonchev–Trinajstić information content (AvgIpc) is 3.38. The number of nitrogens with one attached hydrogen (secondary N) is 2.